The van der Waals surface area contributed by atoms with Gasteiger partial charge in [-0.1, -0.05) is 67.0 Å². The van der Waals surface area contributed by atoms with Gasteiger partial charge in [-0.05, 0) is 37.6 Å². The highest BCUT2D eigenvalue weighted by Crippen LogP contribution is 2.19. The molecule has 2 rings (SSSR count). The van der Waals surface area contributed by atoms with E-state index in [1.165, 1.54) is 16.0 Å². The Morgan fingerprint density at radius 3 is 2.25 bits per heavy atom. The van der Waals surface area contributed by atoms with E-state index in [4.69, 9.17) is 0 Å². The summed E-state index contributed by atoms with van der Waals surface area (Å²) in [6, 6.07) is 13.3. The summed E-state index contributed by atoms with van der Waals surface area (Å²) >= 11 is 0. The lowest BCUT2D eigenvalue weighted by Gasteiger charge is -2.17. The van der Waals surface area contributed by atoms with E-state index in [0.29, 0.717) is 0 Å². The normalized spacial score (nSPS) is 12.1. The second-order valence-corrected chi connectivity index (χ2v) is 12.6. The van der Waals surface area contributed by atoms with Gasteiger partial charge >= 0.3 is 0 Å². The predicted octanol–water partition coefficient (Wildman–Crippen LogP) is 4.78. The van der Waals surface area contributed by atoms with Gasteiger partial charge in [-0.25, -0.2) is 0 Å². The van der Waals surface area contributed by atoms with Crippen LogP contribution in [-0.4, -0.2) is 8.07 Å². The Hall–Kier alpha value is -1.52. The topological polar surface area (TPSA) is 0 Å². The predicted molar refractivity (Wildman–Crippen MR) is 93.3 cm³/mol. The lowest BCUT2D eigenvalue weighted by Crippen LogP contribution is -2.37. The third-order valence-electron chi connectivity index (χ3n) is 3.32. The molecule has 0 unspecified atom stereocenters. The van der Waals surface area contributed by atoms with Gasteiger partial charge in [0.2, 0.25) is 0 Å². The molecule has 20 heavy (non-hydrogen) atoms. The van der Waals surface area contributed by atoms with E-state index in [1.807, 2.05) is 0 Å². The molecule has 0 spiro atoms. The highest BCUT2D eigenvalue weighted by atomic mass is 28.3. The zero-order valence-corrected chi connectivity index (χ0v) is 14.5. The molecule has 0 N–H and O–H groups in total. The monoisotopic (exact) mass is 280 g/mol. The van der Waals surface area contributed by atoms with Gasteiger partial charge in [-0.3, -0.25) is 0 Å². The van der Waals surface area contributed by atoms with Gasteiger partial charge in [0.25, 0.3) is 0 Å². The zero-order valence-electron chi connectivity index (χ0n) is 13.5. The third-order valence-corrected chi connectivity index (χ3v) is 5.36. The van der Waals surface area contributed by atoms with Crippen LogP contribution < -0.4 is 5.19 Å². The molecule has 0 bridgehead atoms. The number of rotatable bonds is 1. The van der Waals surface area contributed by atoms with Crippen molar-refractivity contribution in [3.8, 4) is 11.8 Å². The highest BCUT2D eigenvalue weighted by molar-refractivity contribution is 6.88. The van der Waals surface area contributed by atoms with Crippen molar-refractivity contribution in [3.05, 3.63) is 42.0 Å². The minimum atomic E-state index is -1.25. The van der Waals surface area contributed by atoms with Crippen LogP contribution in [-0.2, 0) is 0 Å². The van der Waals surface area contributed by atoms with E-state index in [0.717, 1.165) is 5.56 Å². The van der Waals surface area contributed by atoms with E-state index in [1.54, 1.807) is 0 Å². The molecule has 0 radical (unpaired) electrons. The van der Waals surface area contributed by atoms with Crippen LogP contribution in [0.5, 0.6) is 0 Å². The fraction of sp³-hybridized carbons (Fsp3) is 0.368. The van der Waals surface area contributed by atoms with E-state index >= 15 is 0 Å². The molecule has 0 saturated carbocycles. The fourth-order valence-corrected chi connectivity index (χ4v) is 3.29. The molecule has 0 aliphatic rings. The maximum Gasteiger partial charge on any atom is 0.0776 e. The van der Waals surface area contributed by atoms with Crippen molar-refractivity contribution in [2.24, 2.45) is 5.41 Å². The van der Waals surface area contributed by atoms with Crippen molar-refractivity contribution in [1.29, 1.82) is 0 Å². The van der Waals surface area contributed by atoms with Crippen molar-refractivity contribution in [2.75, 3.05) is 0 Å². The molecule has 0 aliphatic carbocycles. The molecular formula is C19H24Si. The molecule has 0 aliphatic heterocycles. The van der Waals surface area contributed by atoms with Crippen molar-refractivity contribution in [2.45, 2.75) is 40.4 Å². The van der Waals surface area contributed by atoms with E-state index in [2.05, 4.69) is 88.7 Å². The summed E-state index contributed by atoms with van der Waals surface area (Å²) in [6.45, 7) is 13.6. The SMILES string of the molecule is CC(C)(C)C#Cc1cccc2cc([Si](C)(C)C)ccc12. The van der Waals surface area contributed by atoms with Crippen LogP contribution in [0.3, 0.4) is 0 Å². The maximum absolute atomic E-state index is 3.35. The second kappa shape index (κ2) is 5.11. The van der Waals surface area contributed by atoms with Gasteiger partial charge in [0.15, 0.2) is 0 Å². The molecule has 0 amide bonds. The smallest absolute Gasteiger partial charge is 0.0776 e. The van der Waals surface area contributed by atoms with E-state index in [9.17, 15) is 0 Å². The lowest BCUT2D eigenvalue weighted by atomic mass is 9.96. The van der Waals surface area contributed by atoms with Crippen LogP contribution in [0.25, 0.3) is 10.8 Å². The van der Waals surface area contributed by atoms with E-state index < -0.39 is 8.07 Å². The van der Waals surface area contributed by atoms with Crippen molar-refractivity contribution < 1.29 is 0 Å². The summed E-state index contributed by atoms with van der Waals surface area (Å²) in [5, 5.41) is 4.09. The molecule has 0 heterocycles. The highest BCUT2D eigenvalue weighted by Gasteiger charge is 2.16. The summed E-state index contributed by atoms with van der Waals surface area (Å²) in [4.78, 5) is 0. The van der Waals surface area contributed by atoms with Crippen molar-refractivity contribution in [3.63, 3.8) is 0 Å². The Kier molecular flexibility index (Phi) is 3.80. The van der Waals surface area contributed by atoms with Gasteiger partial charge in [0, 0.05) is 11.0 Å². The van der Waals surface area contributed by atoms with Crippen LogP contribution in [0, 0.1) is 17.3 Å². The first kappa shape index (κ1) is 14.9. The molecule has 0 saturated heterocycles. The first-order chi connectivity index (χ1) is 9.17. The fourth-order valence-electron chi connectivity index (χ4n) is 2.11. The van der Waals surface area contributed by atoms with Crippen LogP contribution >= 0.6 is 0 Å². The summed E-state index contributed by atoms with van der Waals surface area (Å²) in [5.74, 6) is 6.68. The lowest BCUT2D eigenvalue weighted by molar-refractivity contribution is 0.571. The summed E-state index contributed by atoms with van der Waals surface area (Å²) in [5.41, 5.74) is 1.18. The average molecular weight is 280 g/mol. The first-order valence-electron chi connectivity index (χ1n) is 7.23. The minimum Gasteiger partial charge on any atom is -0.0919 e. The van der Waals surface area contributed by atoms with Crippen LogP contribution in [0.1, 0.15) is 26.3 Å². The van der Waals surface area contributed by atoms with Crippen molar-refractivity contribution in [1.82, 2.24) is 0 Å². The van der Waals surface area contributed by atoms with Crippen LogP contribution in [0.15, 0.2) is 36.4 Å². The number of benzene rings is 2. The number of hydrogen-bond donors (Lipinski definition) is 0. The first-order valence-corrected chi connectivity index (χ1v) is 10.7. The Balaban J connectivity index is 2.57. The standard InChI is InChI=1S/C19H24Si/c1-19(2,3)13-12-15-8-7-9-16-14-17(20(4,5)6)10-11-18(15)16/h7-11,14H,1-6H3. The van der Waals surface area contributed by atoms with Gasteiger partial charge in [0.1, 0.15) is 0 Å². The molecule has 0 aromatic heterocycles. The minimum absolute atomic E-state index is 0.0421. The Bertz CT molecular complexity index is 685. The molecule has 0 fully saturated rings. The Morgan fingerprint density at radius 2 is 1.65 bits per heavy atom. The molecule has 2 aromatic carbocycles. The summed E-state index contributed by atoms with van der Waals surface area (Å²) in [7, 11) is -1.25. The van der Waals surface area contributed by atoms with Crippen molar-refractivity contribution >= 4 is 24.0 Å². The van der Waals surface area contributed by atoms with Crippen LogP contribution in [0.2, 0.25) is 19.6 Å². The van der Waals surface area contributed by atoms with Gasteiger partial charge in [-0.15, -0.1) is 0 Å². The molecule has 2 aromatic rings. The molecule has 0 nitrogen and oxygen atoms in total. The zero-order chi connectivity index (χ0) is 15.0. The quantitative estimate of drug-likeness (QED) is 0.521. The second-order valence-electron chi connectivity index (χ2n) is 7.49. The molecule has 0 atom stereocenters. The maximum atomic E-state index is 3.35. The van der Waals surface area contributed by atoms with Gasteiger partial charge in [0.05, 0.1) is 8.07 Å². The Morgan fingerprint density at radius 1 is 0.950 bits per heavy atom. The summed E-state index contributed by atoms with van der Waals surface area (Å²) < 4.78 is 0. The summed E-state index contributed by atoms with van der Waals surface area (Å²) in [6.07, 6.45) is 0. The Labute approximate surface area is 124 Å². The molecular weight excluding hydrogens is 256 g/mol. The number of fused-ring (bicyclic) bond motifs is 1. The average Bonchev–Trinajstić information content (AvgIpc) is 2.33. The van der Waals surface area contributed by atoms with Gasteiger partial charge < -0.3 is 0 Å². The molecule has 1 heteroatoms. The van der Waals surface area contributed by atoms with Crippen LogP contribution in [0.4, 0.5) is 0 Å². The van der Waals surface area contributed by atoms with Gasteiger partial charge in [-0.2, -0.15) is 0 Å². The largest absolute Gasteiger partial charge is 0.0919 e. The molecule has 104 valence electrons. The number of hydrogen-bond acceptors (Lipinski definition) is 0. The van der Waals surface area contributed by atoms with E-state index in [-0.39, 0.29) is 5.41 Å². The third kappa shape index (κ3) is 3.52.